The Bertz CT molecular complexity index is 355. The van der Waals surface area contributed by atoms with E-state index < -0.39 is 0 Å². The molecule has 0 unspecified atom stereocenters. The van der Waals surface area contributed by atoms with E-state index in [2.05, 4.69) is 41.5 Å². The quantitative estimate of drug-likeness (QED) is 0.773. The van der Waals surface area contributed by atoms with Crippen molar-refractivity contribution in [3.8, 4) is 0 Å². The van der Waals surface area contributed by atoms with Crippen LogP contribution in [0.4, 0.5) is 5.69 Å². The summed E-state index contributed by atoms with van der Waals surface area (Å²) in [6.45, 7) is 2.03. The van der Waals surface area contributed by atoms with Crippen LogP contribution in [0.3, 0.4) is 0 Å². The first kappa shape index (κ1) is 14.4. The van der Waals surface area contributed by atoms with Crippen LogP contribution < -0.4 is 10.2 Å². The van der Waals surface area contributed by atoms with Gasteiger partial charge in [0.1, 0.15) is 0 Å². The Hall–Kier alpha value is -1.06. The van der Waals surface area contributed by atoms with Crippen LogP contribution in [-0.4, -0.2) is 37.4 Å². The number of nitrogens with zero attached hydrogens (tertiary/aromatic N) is 1. The van der Waals surface area contributed by atoms with Gasteiger partial charge in [0.2, 0.25) is 0 Å². The number of aliphatic hydroxyl groups excluding tert-OH is 1. The third-order valence-corrected chi connectivity index (χ3v) is 4.00. The number of benzene rings is 1. The molecule has 1 aromatic carbocycles. The molecule has 106 valence electrons. The summed E-state index contributed by atoms with van der Waals surface area (Å²) in [7, 11) is 2.13. The van der Waals surface area contributed by atoms with Crippen LogP contribution in [0.15, 0.2) is 30.3 Å². The molecule has 0 spiro atoms. The first-order valence-corrected chi connectivity index (χ1v) is 7.45. The first-order chi connectivity index (χ1) is 9.27. The zero-order valence-electron chi connectivity index (χ0n) is 11.9. The minimum Gasteiger partial charge on any atom is -0.392 e. The Kier molecular flexibility index (Phi) is 5.67. The van der Waals surface area contributed by atoms with E-state index in [1.165, 1.54) is 18.5 Å². The molecular formula is C16H26N2O. The molecule has 0 amide bonds. The Labute approximate surface area is 116 Å². The molecule has 3 nitrogen and oxygen atoms in total. The van der Waals surface area contributed by atoms with E-state index in [1.54, 1.807) is 0 Å². The maximum atomic E-state index is 9.88. The van der Waals surface area contributed by atoms with Gasteiger partial charge in [0.25, 0.3) is 0 Å². The van der Waals surface area contributed by atoms with Gasteiger partial charge < -0.3 is 15.3 Å². The van der Waals surface area contributed by atoms with Crippen molar-refractivity contribution in [2.45, 2.75) is 44.2 Å². The largest absolute Gasteiger partial charge is 0.392 e. The predicted octanol–water partition coefficient (Wildman–Crippen LogP) is 2.41. The van der Waals surface area contributed by atoms with Gasteiger partial charge in [0.05, 0.1) is 6.10 Å². The lowest BCUT2D eigenvalue weighted by Gasteiger charge is -2.29. The van der Waals surface area contributed by atoms with Gasteiger partial charge in [-0.15, -0.1) is 0 Å². The molecule has 0 saturated heterocycles. The molecule has 1 saturated carbocycles. The van der Waals surface area contributed by atoms with Gasteiger partial charge in [-0.3, -0.25) is 0 Å². The lowest BCUT2D eigenvalue weighted by atomic mass is 9.92. The Morgan fingerprint density at radius 3 is 2.68 bits per heavy atom. The van der Waals surface area contributed by atoms with Gasteiger partial charge in [-0.25, -0.2) is 0 Å². The monoisotopic (exact) mass is 262 g/mol. The fraction of sp³-hybridized carbons (Fsp3) is 0.625. The molecule has 0 heterocycles. The molecule has 19 heavy (non-hydrogen) atoms. The SMILES string of the molecule is CN(CCCN[C@H]1CCCC[C@@H]1O)c1ccccc1. The highest BCUT2D eigenvalue weighted by molar-refractivity contribution is 5.44. The fourth-order valence-electron chi connectivity index (χ4n) is 2.76. The predicted molar refractivity (Wildman–Crippen MR) is 80.6 cm³/mol. The van der Waals surface area contributed by atoms with Crippen LogP contribution in [0.25, 0.3) is 0 Å². The molecule has 0 aliphatic heterocycles. The molecule has 2 rings (SSSR count). The summed E-state index contributed by atoms with van der Waals surface area (Å²) in [6, 6.07) is 10.8. The third kappa shape index (κ3) is 4.51. The second-order valence-electron chi connectivity index (χ2n) is 5.52. The molecule has 1 fully saturated rings. The van der Waals surface area contributed by atoms with Gasteiger partial charge in [0, 0.05) is 25.3 Å². The summed E-state index contributed by atoms with van der Waals surface area (Å²) in [5, 5.41) is 13.4. The fourth-order valence-corrected chi connectivity index (χ4v) is 2.76. The number of aliphatic hydroxyl groups is 1. The highest BCUT2D eigenvalue weighted by Gasteiger charge is 2.21. The number of hydrogen-bond donors (Lipinski definition) is 2. The van der Waals surface area contributed by atoms with Crippen LogP contribution >= 0.6 is 0 Å². The van der Waals surface area contributed by atoms with Gasteiger partial charge in [-0.2, -0.15) is 0 Å². The van der Waals surface area contributed by atoms with Crippen LogP contribution in [0.5, 0.6) is 0 Å². The summed E-state index contributed by atoms with van der Waals surface area (Å²) >= 11 is 0. The van der Waals surface area contributed by atoms with Gasteiger partial charge >= 0.3 is 0 Å². The van der Waals surface area contributed by atoms with Crippen LogP contribution in [-0.2, 0) is 0 Å². The van der Waals surface area contributed by atoms with Gasteiger partial charge in [-0.05, 0) is 37.9 Å². The average Bonchev–Trinajstić information content (AvgIpc) is 2.46. The minimum absolute atomic E-state index is 0.138. The van der Waals surface area contributed by atoms with Crippen molar-refractivity contribution in [2.24, 2.45) is 0 Å². The van der Waals surface area contributed by atoms with E-state index in [4.69, 9.17) is 0 Å². The summed E-state index contributed by atoms with van der Waals surface area (Å²) in [6.07, 6.45) is 5.47. The number of anilines is 1. The van der Waals surface area contributed by atoms with Crippen LogP contribution in [0, 0.1) is 0 Å². The molecule has 0 aromatic heterocycles. The molecule has 3 heteroatoms. The zero-order valence-corrected chi connectivity index (χ0v) is 11.9. The molecule has 2 atom stereocenters. The number of rotatable bonds is 6. The average molecular weight is 262 g/mol. The molecule has 1 aromatic rings. The Morgan fingerprint density at radius 1 is 1.21 bits per heavy atom. The van der Waals surface area contributed by atoms with E-state index in [1.807, 2.05) is 6.07 Å². The second kappa shape index (κ2) is 7.51. The minimum atomic E-state index is -0.138. The molecule has 1 aliphatic carbocycles. The highest BCUT2D eigenvalue weighted by atomic mass is 16.3. The topological polar surface area (TPSA) is 35.5 Å². The number of para-hydroxylation sites is 1. The molecule has 1 aliphatic rings. The number of nitrogens with one attached hydrogen (secondary N) is 1. The molecular weight excluding hydrogens is 236 g/mol. The van der Waals surface area contributed by atoms with Crippen molar-refractivity contribution in [3.05, 3.63) is 30.3 Å². The highest BCUT2D eigenvalue weighted by Crippen LogP contribution is 2.18. The molecule has 0 bridgehead atoms. The standard InChI is InChI=1S/C16H26N2O/c1-18(14-8-3-2-4-9-14)13-7-12-17-15-10-5-6-11-16(15)19/h2-4,8-9,15-17,19H,5-7,10-13H2,1H3/t15-,16-/m0/s1. The second-order valence-corrected chi connectivity index (χ2v) is 5.52. The van der Waals surface area contributed by atoms with Crippen LogP contribution in [0.1, 0.15) is 32.1 Å². The smallest absolute Gasteiger partial charge is 0.0693 e. The third-order valence-electron chi connectivity index (χ3n) is 4.00. The van der Waals surface area contributed by atoms with Crippen molar-refractivity contribution in [1.82, 2.24) is 5.32 Å². The van der Waals surface area contributed by atoms with Crippen molar-refractivity contribution in [3.63, 3.8) is 0 Å². The van der Waals surface area contributed by atoms with Gasteiger partial charge in [-0.1, -0.05) is 31.0 Å². The summed E-state index contributed by atoms with van der Waals surface area (Å²) in [5.74, 6) is 0. The van der Waals surface area contributed by atoms with E-state index in [9.17, 15) is 5.11 Å². The maximum absolute atomic E-state index is 9.88. The summed E-state index contributed by atoms with van der Waals surface area (Å²) < 4.78 is 0. The maximum Gasteiger partial charge on any atom is 0.0693 e. The van der Waals surface area contributed by atoms with Crippen molar-refractivity contribution in [1.29, 1.82) is 0 Å². The summed E-state index contributed by atoms with van der Waals surface area (Å²) in [4.78, 5) is 2.28. The van der Waals surface area contributed by atoms with E-state index in [0.29, 0.717) is 6.04 Å². The van der Waals surface area contributed by atoms with Crippen LogP contribution in [0.2, 0.25) is 0 Å². The first-order valence-electron chi connectivity index (χ1n) is 7.45. The Balaban J connectivity index is 1.64. The van der Waals surface area contributed by atoms with E-state index in [-0.39, 0.29) is 6.10 Å². The van der Waals surface area contributed by atoms with E-state index >= 15 is 0 Å². The van der Waals surface area contributed by atoms with Gasteiger partial charge in [0.15, 0.2) is 0 Å². The van der Waals surface area contributed by atoms with E-state index in [0.717, 1.165) is 32.4 Å². The molecule has 2 N–H and O–H groups in total. The zero-order chi connectivity index (χ0) is 13.5. The number of hydrogen-bond acceptors (Lipinski definition) is 3. The normalized spacial score (nSPS) is 23.3. The molecule has 0 radical (unpaired) electrons. The summed E-state index contributed by atoms with van der Waals surface area (Å²) in [5.41, 5.74) is 1.26. The van der Waals surface area contributed by atoms with Crippen molar-refractivity contribution < 1.29 is 5.11 Å². The van der Waals surface area contributed by atoms with Crippen molar-refractivity contribution in [2.75, 3.05) is 25.0 Å². The lowest BCUT2D eigenvalue weighted by Crippen LogP contribution is -2.42. The Morgan fingerprint density at radius 2 is 1.95 bits per heavy atom. The van der Waals surface area contributed by atoms with Crippen molar-refractivity contribution >= 4 is 5.69 Å². The lowest BCUT2D eigenvalue weighted by molar-refractivity contribution is 0.0911.